The number of aryl methyl sites for hydroxylation is 1. The summed E-state index contributed by atoms with van der Waals surface area (Å²) in [5.41, 5.74) is 2.70. The SMILES string of the molecule is OC(c1nc(-c2nccs2)nn1C1CCCc2ccccc21)C1CC1. The number of rotatable bonds is 4. The number of hydrogen-bond donors (Lipinski definition) is 1. The maximum absolute atomic E-state index is 10.8. The van der Waals surface area contributed by atoms with Crippen LogP contribution in [0, 0.1) is 5.92 Å². The van der Waals surface area contributed by atoms with E-state index in [-0.39, 0.29) is 6.04 Å². The molecule has 128 valence electrons. The maximum Gasteiger partial charge on any atom is 0.210 e. The Balaban J connectivity index is 1.62. The smallest absolute Gasteiger partial charge is 0.210 e. The molecule has 2 unspecified atom stereocenters. The molecule has 5 rings (SSSR count). The van der Waals surface area contributed by atoms with Crippen LogP contribution in [0.5, 0.6) is 0 Å². The van der Waals surface area contributed by atoms with Gasteiger partial charge < -0.3 is 5.11 Å². The van der Waals surface area contributed by atoms with Gasteiger partial charge in [0.1, 0.15) is 6.10 Å². The molecule has 5 nitrogen and oxygen atoms in total. The van der Waals surface area contributed by atoms with E-state index in [4.69, 9.17) is 10.1 Å². The number of hydrogen-bond acceptors (Lipinski definition) is 5. The number of fused-ring (bicyclic) bond motifs is 1. The molecule has 0 amide bonds. The lowest BCUT2D eigenvalue weighted by molar-refractivity contribution is 0.135. The Bertz CT molecular complexity index is 885. The van der Waals surface area contributed by atoms with E-state index >= 15 is 0 Å². The van der Waals surface area contributed by atoms with Crippen LogP contribution < -0.4 is 0 Å². The lowest BCUT2D eigenvalue weighted by Gasteiger charge is -2.27. The Hall–Kier alpha value is -2.05. The van der Waals surface area contributed by atoms with E-state index in [0.29, 0.717) is 17.6 Å². The molecule has 2 aliphatic rings. The fraction of sp³-hybridized carbons (Fsp3) is 0.421. The minimum absolute atomic E-state index is 0.148. The zero-order valence-corrected chi connectivity index (χ0v) is 14.7. The van der Waals surface area contributed by atoms with Gasteiger partial charge in [0.25, 0.3) is 0 Å². The van der Waals surface area contributed by atoms with E-state index in [1.54, 1.807) is 6.20 Å². The summed E-state index contributed by atoms with van der Waals surface area (Å²) < 4.78 is 1.98. The molecule has 1 aromatic carbocycles. The molecule has 0 spiro atoms. The summed E-state index contributed by atoms with van der Waals surface area (Å²) in [4.78, 5) is 9.06. The van der Waals surface area contributed by atoms with Crippen LogP contribution in [0.3, 0.4) is 0 Å². The zero-order chi connectivity index (χ0) is 16.8. The Kier molecular flexibility index (Phi) is 3.68. The van der Waals surface area contributed by atoms with E-state index in [2.05, 4.69) is 29.2 Å². The summed E-state index contributed by atoms with van der Waals surface area (Å²) in [6, 6.07) is 8.74. The molecule has 3 aromatic rings. The molecule has 2 atom stereocenters. The molecule has 2 heterocycles. The third-order valence-corrected chi connectivity index (χ3v) is 6.02. The highest BCUT2D eigenvalue weighted by Crippen LogP contribution is 2.42. The average molecular weight is 352 g/mol. The zero-order valence-electron chi connectivity index (χ0n) is 13.9. The number of benzene rings is 1. The van der Waals surface area contributed by atoms with Crippen LogP contribution >= 0.6 is 11.3 Å². The van der Waals surface area contributed by atoms with Crippen molar-refractivity contribution in [3.05, 3.63) is 52.8 Å². The van der Waals surface area contributed by atoms with Crippen molar-refractivity contribution >= 4 is 11.3 Å². The maximum atomic E-state index is 10.8. The van der Waals surface area contributed by atoms with Crippen molar-refractivity contribution in [1.29, 1.82) is 0 Å². The van der Waals surface area contributed by atoms with Crippen molar-refractivity contribution in [2.45, 2.75) is 44.2 Å². The molecule has 0 aliphatic heterocycles. The molecule has 0 bridgehead atoms. The Morgan fingerprint density at radius 3 is 2.88 bits per heavy atom. The van der Waals surface area contributed by atoms with Gasteiger partial charge in [0.2, 0.25) is 5.82 Å². The van der Waals surface area contributed by atoms with Gasteiger partial charge >= 0.3 is 0 Å². The first-order chi connectivity index (χ1) is 12.3. The van der Waals surface area contributed by atoms with Gasteiger partial charge in [-0.15, -0.1) is 16.4 Å². The Labute approximate surface area is 150 Å². The number of aromatic nitrogens is 4. The van der Waals surface area contributed by atoms with Gasteiger partial charge in [0.05, 0.1) is 6.04 Å². The first-order valence-corrected chi connectivity index (χ1v) is 9.81. The minimum Gasteiger partial charge on any atom is -0.385 e. The summed E-state index contributed by atoms with van der Waals surface area (Å²) in [7, 11) is 0. The predicted molar refractivity (Wildman–Crippen MR) is 96.3 cm³/mol. The summed E-state index contributed by atoms with van der Waals surface area (Å²) in [6.07, 6.45) is 6.66. The van der Waals surface area contributed by atoms with Crippen LogP contribution in [-0.2, 0) is 6.42 Å². The minimum atomic E-state index is -0.532. The molecule has 1 saturated carbocycles. The van der Waals surface area contributed by atoms with E-state index in [1.807, 2.05) is 10.1 Å². The van der Waals surface area contributed by atoms with Crippen LogP contribution in [0.25, 0.3) is 10.8 Å². The van der Waals surface area contributed by atoms with Crippen molar-refractivity contribution < 1.29 is 5.11 Å². The van der Waals surface area contributed by atoms with Gasteiger partial charge in [-0.05, 0) is 49.1 Å². The van der Waals surface area contributed by atoms with Gasteiger partial charge in [-0.1, -0.05) is 24.3 Å². The number of aliphatic hydroxyl groups is 1. The molecular weight excluding hydrogens is 332 g/mol. The van der Waals surface area contributed by atoms with Crippen LogP contribution in [0.1, 0.15) is 54.8 Å². The van der Waals surface area contributed by atoms with Gasteiger partial charge in [0, 0.05) is 11.6 Å². The monoisotopic (exact) mass is 352 g/mol. The topological polar surface area (TPSA) is 63.8 Å². The van der Waals surface area contributed by atoms with Crippen LogP contribution in [-0.4, -0.2) is 24.9 Å². The fourth-order valence-electron chi connectivity index (χ4n) is 3.80. The number of thiazole rings is 1. The van der Waals surface area contributed by atoms with Crippen molar-refractivity contribution in [1.82, 2.24) is 19.7 Å². The van der Waals surface area contributed by atoms with E-state index in [1.165, 1.54) is 22.5 Å². The summed E-state index contributed by atoms with van der Waals surface area (Å²) >= 11 is 1.53. The van der Waals surface area contributed by atoms with Crippen molar-refractivity contribution in [3.8, 4) is 10.8 Å². The predicted octanol–water partition coefficient (Wildman–Crippen LogP) is 3.77. The molecule has 6 heteroatoms. The molecular formula is C19H20N4OS. The summed E-state index contributed by atoms with van der Waals surface area (Å²) in [5, 5.41) is 18.3. The number of aliphatic hydroxyl groups excluding tert-OH is 1. The van der Waals surface area contributed by atoms with Gasteiger partial charge in [-0.25, -0.2) is 14.6 Å². The largest absolute Gasteiger partial charge is 0.385 e. The van der Waals surface area contributed by atoms with E-state index < -0.39 is 6.10 Å². The standard InChI is InChI=1S/C19H20N4OS/c24-16(13-8-9-13)18-21-17(19-20-10-11-25-19)22-23(18)15-7-3-5-12-4-1-2-6-14(12)15/h1-2,4,6,10-11,13,15-16,24H,3,5,7-9H2. The Morgan fingerprint density at radius 2 is 2.08 bits per heavy atom. The molecule has 0 radical (unpaired) electrons. The van der Waals surface area contributed by atoms with Crippen LogP contribution in [0.15, 0.2) is 35.8 Å². The van der Waals surface area contributed by atoms with E-state index in [0.717, 1.165) is 37.1 Å². The van der Waals surface area contributed by atoms with Gasteiger partial charge in [0.15, 0.2) is 10.8 Å². The normalized spacial score (nSPS) is 21.1. The first kappa shape index (κ1) is 15.2. The fourth-order valence-corrected chi connectivity index (χ4v) is 4.36. The molecule has 25 heavy (non-hydrogen) atoms. The molecule has 0 saturated heterocycles. The molecule has 1 fully saturated rings. The van der Waals surface area contributed by atoms with Crippen LogP contribution in [0.2, 0.25) is 0 Å². The second-order valence-corrected chi connectivity index (χ2v) is 7.86. The number of nitrogens with zero attached hydrogens (tertiary/aromatic N) is 4. The second kappa shape index (κ2) is 6.04. The summed E-state index contributed by atoms with van der Waals surface area (Å²) in [5.74, 6) is 1.66. The van der Waals surface area contributed by atoms with Crippen LogP contribution in [0.4, 0.5) is 0 Å². The third kappa shape index (κ3) is 2.69. The highest BCUT2D eigenvalue weighted by Gasteiger charge is 2.36. The Morgan fingerprint density at radius 1 is 1.20 bits per heavy atom. The highest BCUT2D eigenvalue weighted by atomic mass is 32.1. The summed E-state index contributed by atoms with van der Waals surface area (Å²) in [6.45, 7) is 0. The first-order valence-electron chi connectivity index (χ1n) is 8.93. The second-order valence-electron chi connectivity index (χ2n) is 6.96. The molecule has 2 aromatic heterocycles. The molecule has 1 N–H and O–H groups in total. The van der Waals surface area contributed by atoms with Crippen molar-refractivity contribution in [3.63, 3.8) is 0 Å². The van der Waals surface area contributed by atoms with E-state index in [9.17, 15) is 5.11 Å². The van der Waals surface area contributed by atoms with Gasteiger partial charge in [-0.2, -0.15) is 0 Å². The average Bonchev–Trinajstić information content (AvgIpc) is 3.18. The lowest BCUT2D eigenvalue weighted by atomic mass is 9.87. The van der Waals surface area contributed by atoms with Crippen molar-refractivity contribution in [2.75, 3.05) is 0 Å². The highest BCUT2D eigenvalue weighted by molar-refractivity contribution is 7.12. The van der Waals surface area contributed by atoms with Crippen molar-refractivity contribution in [2.24, 2.45) is 5.92 Å². The van der Waals surface area contributed by atoms with Gasteiger partial charge in [-0.3, -0.25) is 0 Å². The quantitative estimate of drug-likeness (QED) is 0.776. The molecule has 2 aliphatic carbocycles. The lowest BCUT2D eigenvalue weighted by Crippen LogP contribution is -2.22. The third-order valence-electron chi connectivity index (χ3n) is 5.25.